The topological polar surface area (TPSA) is 57.2 Å². The highest BCUT2D eigenvalue weighted by atomic mass is 79.9. The predicted molar refractivity (Wildman–Crippen MR) is 82.3 cm³/mol. The molecule has 0 aliphatic heterocycles. The van der Waals surface area contributed by atoms with Crippen molar-refractivity contribution < 1.29 is 4.79 Å². The number of halogens is 2. The summed E-state index contributed by atoms with van der Waals surface area (Å²) in [5.74, 6) is -0.276. The van der Waals surface area contributed by atoms with E-state index in [2.05, 4.69) is 47.4 Å². The van der Waals surface area contributed by atoms with Crippen LogP contribution in [0.3, 0.4) is 0 Å². The molecule has 2 rings (SSSR count). The van der Waals surface area contributed by atoms with Gasteiger partial charge in [-0.25, -0.2) is 5.43 Å². The van der Waals surface area contributed by atoms with E-state index in [9.17, 15) is 4.79 Å². The zero-order valence-electron chi connectivity index (χ0n) is 10.1. The second-order valence-electron chi connectivity index (χ2n) is 3.88. The van der Waals surface area contributed by atoms with E-state index in [-0.39, 0.29) is 5.91 Å². The first-order valence-corrected chi connectivity index (χ1v) is 7.09. The molecule has 0 aliphatic carbocycles. The number of hydrogen-bond acceptors (Lipinski definition) is 2. The Morgan fingerprint density at radius 1 is 1.21 bits per heavy atom. The number of benzene rings is 1. The first kappa shape index (κ1) is 14.0. The number of aromatic amines is 1. The van der Waals surface area contributed by atoms with Crippen LogP contribution in [-0.2, 0) is 0 Å². The number of hydrazone groups is 1. The molecule has 19 heavy (non-hydrogen) atoms. The Bertz CT molecular complexity index is 617. The molecule has 0 aliphatic rings. The van der Waals surface area contributed by atoms with Crippen LogP contribution < -0.4 is 5.43 Å². The number of nitrogens with zero attached hydrogens (tertiary/aromatic N) is 1. The number of rotatable bonds is 3. The number of amides is 1. The highest BCUT2D eigenvalue weighted by Gasteiger charge is 2.06. The maximum absolute atomic E-state index is 11.8. The number of carbonyl (C=O) groups excluding carboxylic acids is 1. The summed E-state index contributed by atoms with van der Waals surface area (Å²) in [4.78, 5) is 14.6. The molecule has 4 nitrogen and oxygen atoms in total. The van der Waals surface area contributed by atoms with Crippen molar-refractivity contribution in [1.29, 1.82) is 0 Å². The molecule has 0 bridgehead atoms. The molecule has 98 valence electrons. The van der Waals surface area contributed by atoms with Crippen LogP contribution in [0, 0.1) is 0 Å². The van der Waals surface area contributed by atoms with Crippen molar-refractivity contribution in [1.82, 2.24) is 10.4 Å². The number of aromatic nitrogens is 1. The van der Waals surface area contributed by atoms with Crippen molar-refractivity contribution in [2.75, 3.05) is 0 Å². The van der Waals surface area contributed by atoms with Gasteiger partial charge in [0.15, 0.2) is 0 Å². The Kier molecular flexibility index (Phi) is 4.55. The Morgan fingerprint density at radius 2 is 1.89 bits per heavy atom. The molecule has 0 atom stereocenters. The molecule has 1 aromatic carbocycles. The first-order chi connectivity index (χ1) is 9.06. The predicted octanol–water partition coefficient (Wildman–Crippen LogP) is 3.69. The van der Waals surface area contributed by atoms with E-state index < -0.39 is 0 Å². The lowest BCUT2D eigenvalue weighted by Gasteiger charge is -2.02. The van der Waals surface area contributed by atoms with Crippen LogP contribution in [0.25, 0.3) is 0 Å². The average Bonchev–Trinajstić information content (AvgIpc) is 2.83. The van der Waals surface area contributed by atoms with Crippen LogP contribution in [0.15, 0.2) is 50.6 Å². The van der Waals surface area contributed by atoms with Gasteiger partial charge < -0.3 is 4.98 Å². The van der Waals surface area contributed by atoms with Crippen molar-refractivity contribution in [3.8, 4) is 0 Å². The third-order valence-corrected chi connectivity index (χ3v) is 3.47. The Balaban J connectivity index is 2.06. The Hall–Kier alpha value is -1.40. The fraction of sp³-hybridized carbons (Fsp3) is 0.0769. The van der Waals surface area contributed by atoms with Crippen molar-refractivity contribution in [2.45, 2.75) is 6.92 Å². The third kappa shape index (κ3) is 3.78. The SMILES string of the molecule is C/C(=N/NC(=O)c1cc(Br)c[nH]1)c1ccc(Br)cc1. The van der Waals surface area contributed by atoms with E-state index in [1.807, 2.05) is 31.2 Å². The molecule has 0 radical (unpaired) electrons. The molecule has 6 heteroatoms. The van der Waals surface area contributed by atoms with Crippen LogP contribution in [0.2, 0.25) is 0 Å². The van der Waals surface area contributed by atoms with Gasteiger partial charge in [-0.3, -0.25) is 4.79 Å². The zero-order chi connectivity index (χ0) is 13.8. The van der Waals surface area contributed by atoms with E-state index in [0.29, 0.717) is 5.69 Å². The zero-order valence-corrected chi connectivity index (χ0v) is 13.2. The van der Waals surface area contributed by atoms with Crippen LogP contribution in [0.5, 0.6) is 0 Å². The van der Waals surface area contributed by atoms with Gasteiger partial charge in [0.25, 0.3) is 5.91 Å². The van der Waals surface area contributed by atoms with Crippen molar-refractivity contribution >= 4 is 43.5 Å². The number of carbonyl (C=O) groups is 1. The van der Waals surface area contributed by atoms with Crippen LogP contribution in [0.1, 0.15) is 23.0 Å². The molecule has 1 aromatic heterocycles. The largest absolute Gasteiger partial charge is 0.356 e. The minimum atomic E-state index is -0.276. The number of nitrogens with one attached hydrogen (secondary N) is 2. The minimum absolute atomic E-state index is 0.276. The normalized spacial score (nSPS) is 11.4. The molecule has 2 N–H and O–H groups in total. The van der Waals surface area contributed by atoms with E-state index in [1.54, 1.807) is 12.3 Å². The molecular weight excluding hydrogens is 374 g/mol. The summed E-state index contributed by atoms with van der Waals surface area (Å²) in [5.41, 5.74) is 4.66. The minimum Gasteiger partial charge on any atom is -0.356 e. The fourth-order valence-electron chi connectivity index (χ4n) is 1.45. The monoisotopic (exact) mass is 383 g/mol. The van der Waals surface area contributed by atoms with Gasteiger partial charge in [-0.15, -0.1) is 0 Å². The van der Waals surface area contributed by atoms with Crippen LogP contribution in [0.4, 0.5) is 0 Å². The Labute approximate surface area is 127 Å². The van der Waals surface area contributed by atoms with Crippen molar-refractivity contribution in [3.05, 3.63) is 56.7 Å². The van der Waals surface area contributed by atoms with Crippen molar-refractivity contribution in [2.24, 2.45) is 5.10 Å². The van der Waals surface area contributed by atoms with E-state index in [1.165, 1.54) is 0 Å². The summed E-state index contributed by atoms with van der Waals surface area (Å²) >= 11 is 6.64. The van der Waals surface area contributed by atoms with E-state index >= 15 is 0 Å². The highest BCUT2D eigenvalue weighted by molar-refractivity contribution is 9.10. The smallest absolute Gasteiger partial charge is 0.287 e. The Morgan fingerprint density at radius 3 is 2.47 bits per heavy atom. The molecule has 0 unspecified atom stereocenters. The fourth-order valence-corrected chi connectivity index (χ4v) is 2.06. The summed E-state index contributed by atoms with van der Waals surface area (Å²) in [6.07, 6.45) is 1.69. The maximum atomic E-state index is 11.8. The maximum Gasteiger partial charge on any atom is 0.287 e. The van der Waals surface area contributed by atoms with Crippen LogP contribution in [-0.4, -0.2) is 16.6 Å². The van der Waals surface area contributed by atoms with Crippen LogP contribution >= 0.6 is 31.9 Å². The summed E-state index contributed by atoms with van der Waals surface area (Å²) in [5, 5.41) is 4.08. The lowest BCUT2D eigenvalue weighted by molar-refractivity contribution is 0.0950. The van der Waals surface area contributed by atoms with Gasteiger partial charge in [0, 0.05) is 15.1 Å². The van der Waals surface area contributed by atoms with Gasteiger partial charge in [-0.1, -0.05) is 28.1 Å². The highest BCUT2D eigenvalue weighted by Crippen LogP contribution is 2.12. The van der Waals surface area contributed by atoms with Gasteiger partial charge in [0.2, 0.25) is 0 Å². The van der Waals surface area contributed by atoms with E-state index in [4.69, 9.17) is 0 Å². The quantitative estimate of drug-likeness (QED) is 0.615. The molecule has 0 saturated heterocycles. The molecule has 0 fully saturated rings. The summed E-state index contributed by atoms with van der Waals surface area (Å²) in [6, 6.07) is 9.41. The standard InChI is InChI=1S/C13H11Br2N3O/c1-8(9-2-4-10(14)5-3-9)17-18-13(19)12-6-11(15)7-16-12/h2-7,16H,1H3,(H,18,19)/b17-8-. The summed E-state index contributed by atoms with van der Waals surface area (Å²) < 4.78 is 1.83. The van der Waals surface area contributed by atoms with Gasteiger partial charge >= 0.3 is 0 Å². The van der Waals surface area contributed by atoms with Gasteiger partial charge in [-0.05, 0) is 46.6 Å². The van der Waals surface area contributed by atoms with Gasteiger partial charge in [-0.2, -0.15) is 5.10 Å². The second kappa shape index (κ2) is 6.16. The van der Waals surface area contributed by atoms with Crippen molar-refractivity contribution in [3.63, 3.8) is 0 Å². The number of H-pyrrole nitrogens is 1. The lowest BCUT2D eigenvalue weighted by Crippen LogP contribution is -2.19. The lowest BCUT2D eigenvalue weighted by atomic mass is 10.1. The molecular formula is C13H11Br2N3O. The molecule has 2 aromatic rings. The van der Waals surface area contributed by atoms with Gasteiger partial charge in [0.1, 0.15) is 5.69 Å². The molecule has 0 saturated carbocycles. The second-order valence-corrected chi connectivity index (χ2v) is 5.71. The van der Waals surface area contributed by atoms with E-state index in [0.717, 1.165) is 20.2 Å². The molecule has 0 spiro atoms. The van der Waals surface area contributed by atoms with Gasteiger partial charge in [0.05, 0.1) is 5.71 Å². The summed E-state index contributed by atoms with van der Waals surface area (Å²) in [6.45, 7) is 1.84. The first-order valence-electron chi connectivity index (χ1n) is 5.51. The summed E-state index contributed by atoms with van der Waals surface area (Å²) in [7, 11) is 0. The molecule has 1 heterocycles. The average molecular weight is 385 g/mol. The number of hydrogen-bond donors (Lipinski definition) is 2. The molecule has 1 amide bonds. The third-order valence-electron chi connectivity index (χ3n) is 2.48.